The number of benzene rings is 2. The molecular formula is C20H23BNO. The van der Waals surface area contributed by atoms with Gasteiger partial charge in [-0.3, -0.25) is 0 Å². The topological polar surface area (TPSA) is 21.3 Å². The predicted octanol–water partition coefficient (Wildman–Crippen LogP) is 4.03. The molecule has 1 saturated carbocycles. The van der Waals surface area contributed by atoms with Crippen LogP contribution < -0.4 is 5.23 Å². The van der Waals surface area contributed by atoms with E-state index in [1.54, 1.807) is 0 Å². The fourth-order valence-corrected chi connectivity index (χ4v) is 4.36. The summed E-state index contributed by atoms with van der Waals surface area (Å²) in [5.41, 5.74) is 2.07. The van der Waals surface area contributed by atoms with E-state index < -0.39 is 5.60 Å². The Morgan fingerprint density at radius 3 is 1.96 bits per heavy atom. The van der Waals surface area contributed by atoms with E-state index in [1.807, 2.05) is 7.62 Å². The lowest BCUT2D eigenvalue weighted by atomic mass is 9.71. The summed E-state index contributed by atoms with van der Waals surface area (Å²) < 4.78 is 6.34. The number of hydrogen-bond donors (Lipinski definition) is 1. The maximum absolute atomic E-state index is 6.34. The van der Waals surface area contributed by atoms with Crippen LogP contribution in [0.1, 0.15) is 43.2 Å². The zero-order valence-electron chi connectivity index (χ0n) is 13.4. The monoisotopic (exact) mass is 304 g/mol. The third kappa shape index (κ3) is 2.62. The Labute approximate surface area is 139 Å². The normalized spacial score (nSPS) is 24.3. The molecule has 117 valence electrons. The molecule has 0 aromatic heterocycles. The average molecular weight is 304 g/mol. The van der Waals surface area contributed by atoms with Gasteiger partial charge in [-0.1, -0.05) is 79.9 Å². The molecule has 23 heavy (non-hydrogen) atoms. The van der Waals surface area contributed by atoms with Crippen LogP contribution >= 0.6 is 0 Å². The van der Waals surface area contributed by atoms with Crippen LogP contribution in [-0.4, -0.2) is 13.7 Å². The summed E-state index contributed by atoms with van der Waals surface area (Å²) in [6, 6.07) is 21.7. The Morgan fingerprint density at radius 1 is 0.826 bits per heavy atom. The van der Waals surface area contributed by atoms with Gasteiger partial charge in [-0.25, -0.2) is 0 Å². The summed E-state index contributed by atoms with van der Waals surface area (Å²) in [6.07, 6.45) is 6.62. The molecule has 1 atom stereocenters. The van der Waals surface area contributed by atoms with Gasteiger partial charge in [0.2, 0.25) is 0 Å². The van der Waals surface area contributed by atoms with Crippen molar-refractivity contribution >= 4 is 7.62 Å². The van der Waals surface area contributed by atoms with Crippen LogP contribution in [0.2, 0.25) is 0 Å². The second-order valence-corrected chi connectivity index (χ2v) is 6.75. The molecule has 0 bridgehead atoms. The molecule has 0 unspecified atom stereocenters. The Morgan fingerprint density at radius 2 is 1.39 bits per heavy atom. The van der Waals surface area contributed by atoms with Gasteiger partial charge >= 0.3 is 7.62 Å². The molecular weight excluding hydrogens is 281 g/mol. The SMILES string of the molecule is [B]1N[C@H](C2CCCCC2)C(c2ccccc2)(c2ccccc2)O1. The molecule has 1 radical (unpaired) electrons. The Kier molecular flexibility index (Phi) is 4.24. The van der Waals surface area contributed by atoms with Crippen LogP contribution in [-0.2, 0) is 10.3 Å². The van der Waals surface area contributed by atoms with Crippen molar-refractivity contribution in [3.63, 3.8) is 0 Å². The van der Waals surface area contributed by atoms with E-state index in [0.29, 0.717) is 12.0 Å². The molecule has 1 aliphatic heterocycles. The molecule has 2 aliphatic rings. The van der Waals surface area contributed by atoms with Crippen LogP contribution in [0.25, 0.3) is 0 Å². The van der Waals surface area contributed by atoms with E-state index in [4.69, 9.17) is 4.65 Å². The molecule has 1 saturated heterocycles. The second-order valence-electron chi connectivity index (χ2n) is 6.75. The molecule has 1 aliphatic carbocycles. The summed E-state index contributed by atoms with van der Waals surface area (Å²) in [5.74, 6) is 0.655. The smallest absolute Gasteiger partial charge is 0.397 e. The quantitative estimate of drug-likeness (QED) is 0.864. The summed E-state index contributed by atoms with van der Waals surface area (Å²) in [7, 11) is 1.82. The first-order valence-corrected chi connectivity index (χ1v) is 8.78. The van der Waals surface area contributed by atoms with Gasteiger partial charge in [0.1, 0.15) is 5.60 Å². The van der Waals surface area contributed by atoms with Crippen molar-refractivity contribution in [3.8, 4) is 0 Å². The highest BCUT2D eigenvalue weighted by molar-refractivity contribution is 6.25. The van der Waals surface area contributed by atoms with E-state index in [0.717, 1.165) is 0 Å². The van der Waals surface area contributed by atoms with Crippen molar-refractivity contribution in [3.05, 3.63) is 71.8 Å². The van der Waals surface area contributed by atoms with Crippen molar-refractivity contribution in [2.24, 2.45) is 5.92 Å². The molecule has 2 fully saturated rings. The molecule has 1 heterocycles. The average Bonchev–Trinajstić information content (AvgIpc) is 3.10. The van der Waals surface area contributed by atoms with Crippen LogP contribution in [0.15, 0.2) is 60.7 Å². The highest BCUT2D eigenvalue weighted by Crippen LogP contribution is 2.45. The standard InChI is InChI=1S/C20H23BNO/c1-4-10-16(11-5-1)19-20(23-21-22-19,17-12-6-2-7-13-17)18-14-8-3-9-15-18/h2-3,6-9,12-16,19,22H,1,4-5,10-11H2/t19-/m1/s1. The lowest BCUT2D eigenvalue weighted by molar-refractivity contribution is 0.0804. The van der Waals surface area contributed by atoms with Crippen molar-refractivity contribution < 1.29 is 4.65 Å². The van der Waals surface area contributed by atoms with E-state index in [1.165, 1.54) is 43.2 Å². The fourth-order valence-electron chi connectivity index (χ4n) is 4.36. The summed E-state index contributed by atoms with van der Waals surface area (Å²) in [5, 5.41) is 3.57. The third-order valence-corrected chi connectivity index (χ3v) is 5.46. The highest BCUT2D eigenvalue weighted by Gasteiger charge is 2.50. The fraction of sp³-hybridized carbons (Fsp3) is 0.400. The molecule has 1 N–H and O–H groups in total. The first-order chi connectivity index (χ1) is 11.4. The largest absolute Gasteiger partial charge is 0.409 e. The number of rotatable bonds is 3. The molecule has 4 rings (SSSR count). The molecule has 0 amide bonds. The van der Waals surface area contributed by atoms with Gasteiger partial charge in [-0.05, 0) is 29.9 Å². The minimum atomic E-state index is -0.412. The van der Waals surface area contributed by atoms with Crippen molar-refractivity contribution in [1.29, 1.82) is 0 Å². The van der Waals surface area contributed by atoms with Gasteiger partial charge in [0.25, 0.3) is 0 Å². The van der Waals surface area contributed by atoms with Crippen molar-refractivity contribution in [1.82, 2.24) is 5.23 Å². The molecule has 2 aromatic rings. The molecule has 2 aromatic carbocycles. The van der Waals surface area contributed by atoms with E-state index in [2.05, 4.69) is 65.9 Å². The zero-order chi connectivity index (χ0) is 15.5. The minimum Gasteiger partial charge on any atom is -0.409 e. The first-order valence-electron chi connectivity index (χ1n) is 8.78. The lowest BCUT2D eigenvalue weighted by Crippen LogP contribution is -2.47. The van der Waals surface area contributed by atoms with Gasteiger partial charge in [0.05, 0.1) is 0 Å². The summed E-state index contributed by atoms with van der Waals surface area (Å²) in [6.45, 7) is 0. The van der Waals surface area contributed by atoms with E-state index >= 15 is 0 Å². The van der Waals surface area contributed by atoms with Crippen LogP contribution in [0.5, 0.6) is 0 Å². The molecule has 0 spiro atoms. The first kappa shape index (κ1) is 15.0. The summed E-state index contributed by atoms with van der Waals surface area (Å²) in [4.78, 5) is 0. The molecule has 3 heteroatoms. The maximum atomic E-state index is 6.34. The third-order valence-electron chi connectivity index (χ3n) is 5.46. The van der Waals surface area contributed by atoms with Gasteiger partial charge in [0, 0.05) is 6.04 Å². The second kappa shape index (κ2) is 6.50. The minimum absolute atomic E-state index is 0.299. The number of hydrogen-bond acceptors (Lipinski definition) is 2. The molecule has 2 nitrogen and oxygen atoms in total. The Balaban J connectivity index is 1.81. The Hall–Kier alpha value is -1.58. The Bertz CT molecular complexity index is 585. The van der Waals surface area contributed by atoms with Crippen LogP contribution in [0, 0.1) is 5.92 Å². The van der Waals surface area contributed by atoms with Gasteiger partial charge in [-0.15, -0.1) is 0 Å². The maximum Gasteiger partial charge on any atom is 0.397 e. The van der Waals surface area contributed by atoms with Crippen molar-refractivity contribution in [2.45, 2.75) is 43.7 Å². The lowest BCUT2D eigenvalue weighted by Gasteiger charge is -2.41. The number of nitrogens with one attached hydrogen (secondary N) is 1. The van der Waals surface area contributed by atoms with E-state index in [-0.39, 0.29) is 0 Å². The van der Waals surface area contributed by atoms with E-state index in [9.17, 15) is 0 Å². The predicted molar refractivity (Wildman–Crippen MR) is 94.0 cm³/mol. The van der Waals surface area contributed by atoms with Crippen LogP contribution in [0.3, 0.4) is 0 Å². The summed E-state index contributed by atoms with van der Waals surface area (Å²) >= 11 is 0. The van der Waals surface area contributed by atoms with Gasteiger partial charge < -0.3 is 9.88 Å². The van der Waals surface area contributed by atoms with Crippen molar-refractivity contribution in [2.75, 3.05) is 0 Å². The zero-order valence-corrected chi connectivity index (χ0v) is 13.4. The van der Waals surface area contributed by atoms with Gasteiger partial charge in [-0.2, -0.15) is 0 Å². The van der Waals surface area contributed by atoms with Gasteiger partial charge in [0.15, 0.2) is 0 Å². The van der Waals surface area contributed by atoms with Crippen LogP contribution in [0.4, 0.5) is 0 Å². The highest BCUT2D eigenvalue weighted by atomic mass is 16.5.